The number of carbonyl (C=O) groups excluding carboxylic acids is 1. The van der Waals surface area contributed by atoms with Crippen molar-refractivity contribution in [2.75, 3.05) is 0 Å². The molecule has 146 valence electrons. The summed E-state index contributed by atoms with van der Waals surface area (Å²) in [6, 6.07) is 1.29. The molecule has 0 fully saturated rings. The van der Waals surface area contributed by atoms with Gasteiger partial charge < -0.3 is 5.32 Å². The van der Waals surface area contributed by atoms with Gasteiger partial charge in [0.25, 0.3) is 5.91 Å². The summed E-state index contributed by atoms with van der Waals surface area (Å²) in [4.78, 5) is 28.3. The number of nitrogens with one attached hydrogen (secondary N) is 1. The maximum absolute atomic E-state index is 12.8. The number of pyridine rings is 1. The fourth-order valence-corrected chi connectivity index (χ4v) is 3.12. The van der Waals surface area contributed by atoms with E-state index in [0.29, 0.717) is 38.2 Å². The zero-order chi connectivity index (χ0) is 19.6. The van der Waals surface area contributed by atoms with Crippen molar-refractivity contribution in [3.05, 3.63) is 45.9 Å². The highest BCUT2D eigenvalue weighted by molar-refractivity contribution is 5.92. The zero-order valence-electron chi connectivity index (χ0n) is 14.8. The SMILES string of the molecule is CCCn1nc2n(c1=O)CCC(NC(=O)c1cc(C(F)(F)F)ccn1)CC2. The van der Waals surface area contributed by atoms with Crippen molar-refractivity contribution in [3.63, 3.8) is 0 Å². The minimum Gasteiger partial charge on any atom is -0.348 e. The number of aryl methyl sites for hydroxylation is 2. The second kappa shape index (κ2) is 7.53. The normalized spacial score (nSPS) is 17.3. The third-order valence-corrected chi connectivity index (χ3v) is 4.51. The monoisotopic (exact) mass is 383 g/mol. The summed E-state index contributed by atoms with van der Waals surface area (Å²) in [5, 5.41) is 7.05. The predicted molar refractivity (Wildman–Crippen MR) is 90.2 cm³/mol. The van der Waals surface area contributed by atoms with E-state index in [1.54, 1.807) is 4.57 Å². The molecule has 0 radical (unpaired) electrons. The van der Waals surface area contributed by atoms with Crippen LogP contribution in [0, 0.1) is 0 Å². The van der Waals surface area contributed by atoms with Crippen molar-refractivity contribution < 1.29 is 18.0 Å². The highest BCUT2D eigenvalue weighted by Gasteiger charge is 2.31. The Labute approximate surface area is 153 Å². The summed E-state index contributed by atoms with van der Waals surface area (Å²) in [5.41, 5.74) is -1.37. The second-order valence-electron chi connectivity index (χ2n) is 6.50. The molecule has 1 N–H and O–H groups in total. The van der Waals surface area contributed by atoms with Crippen molar-refractivity contribution in [2.45, 2.75) is 57.9 Å². The van der Waals surface area contributed by atoms with E-state index < -0.39 is 17.6 Å². The Morgan fingerprint density at radius 3 is 2.85 bits per heavy atom. The van der Waals surface area contributed by atoms with Gasteiger partial charge in [-0.3, -0.25) is 14.3 Å². The van der Waals surface area contributed by atoms with Gasteiger partial charge in [-0.05, 0) is 31.4 Å². The Balaban J connectivity index is 1.67. The van der Waals surface area contributed by atoms with Gasteiger partial charge in [-0.15, -0.1) is 0 Å². The number of halogens is 3. The Morgan fingerprint density at radius 2 is 2.15 bits per heavy atom. The molecule has 27 heavy (non-hydrogen) atoms. The lowest BCUT2D eigenvalue weighted by Crippen LogP contribution is -2.36. The van der Waals surface area contributed by atoms with Crippen LogP contribution in [0.1, 0.15) is 48.1 Å². The minimum atomic E-state index is -4.53. The molecule has 0 saturated heterocycles. The molecule has 10 heteroatoms. The van der Waals surface area contributed by atoms with Crippen LogP contribution in [0.25, 0.3) is 0 Å². The first kappa shape index (κ1) is 19.1. The summed E-state index contributed by atoms with van der Waals surface area (Å²) in [7, 11) is 0. The van der Waals surface area contributed by atoms with Gasteiger partial charge in [0.05, 0.1) is 5.56 Å². The van der Waals surface area contributed by atoms with Gasteiger partial charge in [-0.2, -0.15) is 18.3 Å². The lowest BCUT2D eigenvalue weighted by Gasteiger charge is -2.16. The highest BCUT2D eigenvalue weighted by Crippen LogP contribution is 2.29. The van der Waals surface area contributed by atoms with Gasteiger partial charge in [0, 0.05) is 31.7 Å². The molecule has 1 atom stereocenters. The molecule has 1 aliphatic rings. The molecule has 1 amide bonds. The number of fused-ring (bicyclic) bond motifs is 1. The van der Waals surface area contributed by atoms with Crippen LogP contribution >= 0.6 is 0 Å². The highest BCUT2D eigenvalue weighted by atomic mass is 19.4. The molecule has 7 nitrogen and oxygen atoms in total. The molecule has 0 spiro atoms. The zero-order valence-corrected chi connectivity index (χ0v) is 14.8. The van der Waals surface area contributed by atoms with E-state index in [9.17, 15) is 22.8 Å². The molecule has 2 aromatic heterocycles. The van der Waals surface area contributed by atoms with E-state index in [-0.39, 0.29) is 17.4 Å². The first-order valence-electron chi connectivity index (χ1n) is 8.80. The van der Waals surface area contributed by atoms with Gasteiger partial charge >= 0.3 is 11.9 Å². The van der Waals surface area contributed by atoms with E-state index in [2.05, 4.69) is 15.4 Å². The van der Waals surface area contributed by atoms with Crippen molar-refractivity contribution >= 4 is 5.91 Å². The number of carbonyl (C=O) groups is 1. The predicted octanol–water partition coefficient (Wildman–Crippen LogP) is 2.00. The first-order valence-corrected chi connectivity index (χ1v) is 8.80. The second-order valence-corrected chi connectivity index (χ2v) is 6.50. The molecular formula is C17H20F3N5O2. The molecule has 0 bridgehead atoms. The average molecular weight is 383 g/mol. The molecule has 1 aliphatic heterocycles. The van der Waals surface area contributed by atoms with Gasteiger partial charge in [-0.1, -0.05) is 6.92 Å². The van der Waals surface area contributed by atoms with Crippen molar-refractivity contribution in [1.29, 1.82) is 0 Å². The van der Waals surface area contributed by atoms with Crippen molar-refractivity contribution in [3.8, 4) is 0 Å². The van der Waals surface area contributed by atoms with Crippen LogP contribution in [0.4, 0.5) is 13.2 Å². The molecule has 1 unspecified atom stereocenters. The molecule has 3 rings (SSSR count). The molecule has 0 aliphatic carbocycles. The maximum Gasteiger partial charge on any atom is 0.416 e. The lowest BCUT2D eigenvalue weighted by atomic mass is 10.1. The summed E-state index contributed by atoms with van der Waals surface area (Å²) < 4.78 is 41.4. The van der Waals surface area contributed by atoms with Gasteiger partial charge in [0.2, 0.25) is 0 Å². The number of nitrogens with zero attached hydrogens (tertiary/aromatic N) is 4. The van der Waals surface area contributed by atoms with E-state index in [4.69, 9.17) is 0 Å². The van der Waals surface area contributed by atoms with Gasteiger partial charge in [0.1, 0.15) is 11.5 Å². The summed E-state index contributed by atoms with van der Waals surface area (Å²) >= 11 is 0. The maximum atomic E-state index is 12.8. The Bertz CT molecular complexity index is 887. The third-order valence-electron chi connectivity index (χ3n) is 4.51. The standard InChI is InChI=1S/C17H20F3N5O2/c1-2-8-25-16(27)24-9-6-12(3-4-14(24)23-25)22-15(26)13-10-11(5-7-21-13)17(18,19)20/h5,7,10,12H,2-4,6,8-9H2,1H3,(H,22,26). The van der Waals surface area contributed by atoms with Gasteiger partial charge in [-0.25, -0.2) is 9.48 Å². The minimum absolute atomic E-state index is 0.168. The Morgan fingerprint density at radius 1 is 1.37 bits per heavy atom. The van der Waals surface area contributed by atoms with E-state index in [1.165, 1.54) is 4.68 Å². The molecule has 3 heterocycles. The van der Waals surface area contributed by atoms with Crippen molar-refractivity contribution in [1.82, 2.24) is 24.6 Å². The average Bonchev–Trinajstić information content (AvgIpc) is 2.79. The summed E-state index contributed by atoms with van der Waals surface area (Å²) in [6.45, 7) is 2.92. The molecule has 0 saturated carbocycles. The van der Waals surface area contributed by atoms with Crippen LogP contribution in [-0.2, 0) is 25.7 Å². The quantitative estimate of drug-likeness (QED) is 0.876. The van der Waals surface area contributed by atoms with E-state index in [0.717, 1.165) is 24.8 Å². The van der Waals surface area contributed by atoms with Crippen molar-refractivity contribution in [2.24, 2.45) is 0 Å². The van der Waals surface area contributed by atoms with Crippen LogP contribution in [0.5, 0.6) is 0 Å². The number of hydrogen-bond acceptors (Lipinski definition) is 4. The van der Waals surface area contributed by atoms with Gasteiger partial charge in [0.15, 0.2) is 0 Å². The van der Waals surface area contributed by atoms with Crippen LogP contribution < -0.4 is 11.0 Å². The number of hydrogen-bond donors (Lipinski definition) is 1. The molecule has 2 aromatic rings. The largest absolute Gasteiger partial charge is 0.416 e. The summed E-state index contributed by atoms with van der Waals surface area (Å²) in [6.07, 6.45) is -1.21. The number of amides is 1. The first-order chi connectivity index (χ1) is 12.8. The topological polar surface area (TPSA) is 81.8 Å². The van der Waals surface area contributed by atoms with Crippen LogP contribution in [0.3, 0.4) is 0 Å². The molecular weight excluding hydrogens is 363 g/mol. The van der Waals surface area contributed by atoms with Crippen LogP contribution in [0.15, 0.2) is 23.1 Å². The Kier molecular flexibility index (Phi) is 5.33. The molecule has 0 aromatic carbocycles. The fraction of sp³-hybridized carbons (Fsp3) is 0.529. The number of rotatable bonds is 4. The van der Waals surface area contributed by atoms with E-state index >= 15 is 0 Å². The number of alkyl halides is 3. The summed E-state index contributed by atoms with van der Waals surface area (Å²) in [5.74, 6) is 0.0106. The smallest absolute Gasteiger partial charge is 0.348 e. The van der Waals surface area contributed by atoms with E-state index in [1.807, 2.05) is 6.92 Å². The van der Waals surface area contributed by atoms with Crippen LogP contribution in [-0.4, -0.2) is 31.3 Å². The fourth-order valence-electron chi connectivity index (χ4n) is 3.12. The van der Waals surface area contributed by atoms with Crippen LogP contribution in [0.2, 0.25) is 0 Å². The Hall–Kier alpha value is -2.65. The lowest BCUT2D eigenvalue weighted by molar-refractivity contribution is -0.137. The third kappa shape index (κ3) is 4.20. The number of aromatic nitrogens is 4.